The van der Waals surface area contributed by atoms with Gasteiger partial charge in [0.2, 0.25) is 11.8 Å². The van der Waals surface area contributed by atoms with Crippen molar-refractivity contribution in [2.24, 2.45) is 0 Å². The van der Waals surface area contributed by atoms with Crippen molar-refractivity contribution in [2.75, 3.05) is 26.3 Å². The molecule has 2 saturated heterocycles. The van der Waals surface area contributed by atoms with Gasteiger partial charge in [0.1, 0.15) is 12.2 Å². The molecule has 2 amide bonds. The summed E-state index contributed by atoms with van der Waals surface area (Å²) in [5.41, 5.74) is 0. The Balaban J connectivity index is 1.35. The van der Waals surface area contributed by atoms with Gasteiger partial charge in [0.05, 0.1) is 0 Å². The average Bonchev–Trinajstić information content (AvgIpc) is 3.25. The molecule has 0 saturated carbocycles. The van der Waals surface area contributed by atoms with Crippen LogP contribution in [0.25, 0.3) is 0 Å². The fraction of sp³-hybridized carbons (Fsp3) is 0.882. The Morgan fingerprint density at radius 3 is 1.57 bits per heavy atom. The van der Waals surface area contributed by atoms with Crippen LogP contribution in [-0.4, -0.2) is 50.3 Å². The molecule has 0 bridgehead atoms. The predicted octanol–water partition coefficient (Wildman–Crippen LogP) is 1.53. The highest BCUT2D eigenvalue weighted by atomic mass is 16.5. The Bertz CT molecular complexity index is 330. The number of carbonyl (C=O) groups is 2. The van der Waals surface area contributed by atoms with Crippen LogP contribution < -0.4 is 10.6 Å². The van der Waals surface area contributed by atoms with Crippen molar-refractivity contribution in [3.63, 3.8) is 0 Å². The van der Waals surface area contributed by atoms with Crippen molar-refractivity contribution in [3.05, 3.63) is 0 Å². The number of carbonyl (C=O) groups excluding carboxylic acids is 2. The summed E-state index contributed by atoms with van der Waals surface area (Å²) in [7, 11) is 0. The summed E-state index contributed by atoms with van der Waals surface area (Å²) < 4.78 is 10.7. The molecule has 2 unspecified atom stereocenters. The van der Waals surface area contributed by atoms with E-state index in [4.69, 9.17) is 9.47 Å². The normalized spacial score (nSPS) is 23.8. The van der Waals surface area contributed by atoms with Gasteiger partial charge in [-0.25, -0.2) is 0 Å². The standard InChI is InChI=1S/C17H30N2O4/c20-16(14-8-6-12-22-14)18-10-4-2-1-3-5-11-19-17(21)15-9-7-13-23-15/h14-15H,1-13H2,(H,18,20)(H,19,21). The van der Waals surface area contributed by atoms with Crippen molar-refractivity contribution in [1.29, 1.82) is 0 Å². The lowest BCUT2D eigenvalue weighted by atomic mass is 10.1. The number of hydrogen-bond donors (Lipinski definition) is 2. The summed E-state index contributed by atoms with van der Waals surface area (Å²) in [5, 5.41) is 5.88. The Hall–Kier alpha value is -1.14. The summed E-state index contributed by atoms with van der Waals surface area (Å²) in [4.78, 5) is 23.4. The third-order valence-corrected chi connectivity index (χ3v) is 4.40. The van der Waals surface area contributed by atoms with Crippen LogP contribution >= 0.6 is 0 Å². The molecule has 132 valence electrons. The summed E-state index contributed by atoms with van der Waals surface area (Å²) in [5.74, 6) is 0.0821. The number of unbranched alkanes of at least 4 members (excludes halogenated alkanes) is 4. The molecular formula is C17H30N2O4. The van der Waals surface area contributed by atoms with Crippen LogP contribution in [0.5, 0.6) is 0 Å². The van der Waals surface area contributed by atoms with E-state index >= 15 is 0 Å². The second kappa shape index (κ2) is 10.6. The molecule has 0 aromatic carbocycles. The van der Waals surface area contributed by atoms with E-state index in [0.29, 0.717) is 13.2 Å². The van der Waals surface area contributed by atoms with Crippen LogP contribution in [0.4, 0.5) is 0 Å². The van der Waals surface area contributed by atoms with Crippen LogP contribution in [0, 0.1) is 0 Å². The van der Waals surface area contributed by atoms with Crippen molar-refractivity contribution < 1.29 is 19.1 Å². The monoisotopic (exact) mass is 326 g/mol. The van der Waals surface area contributed by atoms with Crippen molar-refractivity contribution in [1.82, 2.24) is 10.6 Å². The molecule has 2 N–H and O–H groups in total. The fourth-order valence-corrected chi connectivity index (χ4v) is 3.00. The van der Waals surface area contributed by atoms with Gasteiger partial charge in [0.25, 0.3) is 0 Å². The Morgan fingerprint density at radius 1 is 0.739 bits per heavy atom. The van der Waals surface area contributed by atoms with Gasteiger partial charge >= 0.3 is 0 Å². The minimum Gasteiger partial charge on any atom is -0.368 e. The van der Waals surface area contributed by atoms with Crippen molar-refractivity contribution in [2.45, 2.75) is 70.0 Å². The zero-order valence-electron chi connectivity index (χ0n) is 14.0. The lowest BCUT2D eigenvalue weighted by Crippen LogP contribution is -2.34. The molecule has 0 spiro atoms. The van der Waals surface area contributed by atoms with Gasteiger partial charge in [-0.05, 0) is 38.5 Å². The predicted molar refractivity (Wildman–Crippen MR) is 87.1 cm³/mol. The molecule has 2 heterocycles. The molecule has 6 heteroatoms. The van der Waals surface area contributed by atoms with Crippen LogP contribution in [0.2, 0.25) is 0 Å². The first-order valence-electron chi connectivity index (χ1n) is 9.06. The van der Waals surface area contributed by atoms with Gasteiger partial charge in [0, 0.05) is 26.3 Å². The number of hydrogen-bond acceptors (Lipinski definition) is 4. The third kappa shape index (κ3) is 6.87. The zero-order valence-corrected chi connectivity index (χ0v) is 14.0. The van der Waals surface area contributed by atoms with Crippen LogP contribution in [-0.2, 0) is 19.1 Å². The number of rotatable bonds is 10. The van der Waals surface area contributed by atoms with Crippen molar-refractivity contribution >= 4 is 11.8 Å². The van der Waals surface area contributed by atoms with Crippen LogP contribution in [0.15, 0.2) is 0 Å². The highest BCUT2D eigenvalue weighted by Crippen LogP contribution is 2.12. The highest BCUT2D eigenvalue weighted by Gasteiger charge is 2.23. The molecule has 0 radical (unpaired) electrons. The maximum atomic E-state index is 11.7. The smallest absolute Gasteiger partial charge is 0.249 e. The Morgan fingerprint density at radius 2 is 1.17 bits per heavy atom. The maximum absolute atomic E-state index is 11.7. The first-order chi connectivity index (χ1) is 11.3. The first kappa shape index (κ1) is 18.2. The zero-order chi connectivity index (χ0) is 16.3. The third-order valence-electron chi connectivity index (χ3n) is 4.40. The van der Waals surface area contributed by atoms with Gasteiger partial charge in [-0.15, -0.1) is 0 Å². The average molecular weight is 326 g/mol. The summed E-state index contributed by atoms with van der Waals surface area (Å²) >= 11 is 0. The molecule has 0 aromatic heterocycles. The van der Waals surface area contributed by atoms with E-state index in [2.05, 4.69) is 10.6 Å². The Labute approximate surface area is 138 Å². The quantitative estimate of drug-likeness (QED) is 0.597. The maximum Gasteiger partial charge on any atom is 0.249 e. The fourth-order valence-electron chi connectivity index (χ4n) is 3.00. The van der Waals surface area contributed by atoms with E-state index in [0.717, 1.165) is 70.9 Å². The van der Waals surface area contributed by atoms with E-state index in [1.165, 1.54) is 0 Å². The number of ether oxygens (including phenoxy) is 2. The van der Waals surface area contributed by atoms with Gasteiger partial charge in [0.15, 0.2) is 0 Å². The second-order valence-corrected chi connectivity index (χ2v) is 6.35. The second-order valence-electron chi connectivity index (χ2n) is 6.35. The molecule has 2 aliphatic heterocycles. The highest BCUT2D eigenvalue weighted by molar-refractivity contribution is 5.81. The number of amides is 2. The summed E-state index contributed by atoms with van der Waals surface area (Å²) in [6.07, 6.45) is 8.57. The molecule has 2 fully saturated rings. The molecule has 2 aliphatic rings. The Kier molecular flexibility index (Phi) is 8.39. The van der Waals surface area contributed by atoms with Gasteiger partial charge in [-0.2, -0.15) is 0 Å². The minimum absolute atomic E-state index is 0.0411. The van der Waals surface area contributed by atoms with E-state index in [1.54, 1.807) is 0 Å². The summed E-state index contributed by atoms with van der Waals surface area (Å²) in [6.45, 7) is 2.88. The lowest BCUT2D eigenvalue weighted by Gasteiger charge is -2.11. The van der Waals surface area contributed by atoms with Gasteiger partial charge < -0.3 is 20.1 Å². The molecule has 2 rings (SSSR count). The largest absolute Gasteiger partial charge is 0.368 e. The van der Waals surface area contributed by atoms with Gasteiger partial charge in [-0.1, -0.05) is 19.3 Å². The topological polar surface area (TPSA) is 76.7 Å². The van der Waals surface area contributed by atoms with Gasteiger partial charge in [-0.3, -0.25) is 9.59 Å². The molecular weight excluding hydrogens is 296 g/mol. The molecule has 2 atom stereocenters. The molecule has 6 nitrogen and oxygen atoms in total. The SMILES string of the molecule is O=C(NCCCCCCCNC(=O)C1CCCO1)C1CCCO1. The van der Waals surface area contributed by atoms with E-state index in [-0.39, 0.29) is 24.0 Å². The molecule has 23 heavy (non-hydrogen) atoms. The number of nitrogens with one attached hydrogen (secondary N) is 2. The molecule has 0 aromatic rings. The van der Waals surface area contributed by atoms with Crippen molar-refractivity contribution in [3.8, 4) is 0 Å². The minimum atomic E-state index is -0.220. The molecule has 0 aliphatic carbocycles. The van der Waals surface area contributed by atoms with E-state index in [1.807, 2.05) is 0 Å². The van der Waals surface area contributed by atoms with E-state index < -0.39 is 0 Å². The van der Waals surface area contributed by atoms with E-state index in [9.17, 15) is 9.59 Å². The summed E-state index contributed by atoms with van der Waals surface area (Å²) in [6, 6.07) is 0. The van der Waals surface area contributed by atoms with Crippen LogP contribution in [0.1, 0.15) is 57.8 Å². The lowest BCUT2D eigenvalue weighted by molar-refractivity contribution is -0.130. The van der Waals surface area contributed by atoms with Crippen LogP contribution in [0.3, 0.4) is 0 Å². The first-order valence-corrected chi connectivity index (χ1v) is 9.06.